The summed E-state index contributed by atoms with van der Waals surface area (Å²) in [5.41, 5.74) is 4.63. The second kappa shape index (κ2) is 8.15. The largest absolute Gasteiger partial charge is 0.342 e. The lowest BCUT2D eigenvalue weighted by atomic mass is 9.96. The van der Waals surface area contributed by atoms with Crippen LogP contribution in [0.3, 0.4) is 0 Å². The molecular weight excluding hydrogens is 405 g/mol. The zero-order valence-corrected chi connectivity index (χ0v) is 18.1. The van der Waals surface area contributed by atoms with Gasteiger partial charge in [0.25, 0.3) is 5.91 Å². The Hall–Kier alpha value is -3.61. The SMILES string of the molecule is Cc1cc(-c2cccc(F)c2)nc([C@H]2CCCN(C(=O)c3ccc4nc(C)[nH]c4c3)C2)n1. The van der Waals surface area contributed by atoms with Gasteiger partial charge in [0.15, 0.2) is 0 Å². The minimum atomic E-state index is -0.292. The summed E-state index contributed by atoms with van der Waals surface area (Å²) in [5.74, 6) is 1.29. The van der Waals surface area contributed by atoms with Gasteiger partial charge in [-0.2, -0.15) is 0 Å². The van der Waals surface area contributed by atoms with Gasteiger partial charge in [-0.25, -0.2) is 19.3 Å². The van der Waals surface area contributed by atoms with E-state index in [4.69, 9.17) is 4.98 Å². The maximum absolute atomic E-state index is 13.7. The molecule has 5 rings (SSSR count). The molecule has 6 nitrogen and oxygen atoms in total. The van der Waals surface area contributed by atoms with Crippen molar-refractivity contribution < 1.29 is 9.18 Å². The number of aromatic amines is 1. The first-order valence-electron chi connectivity index (χ1n) is 10.8. The number of aryl methyl sites for hydroxylation is 2. The number of hydrogen-bond acceptors (Lipinski definition) is 4. The minimum absolute atomic E-state index is 0.00172. The van der Waals surface area contributed by atoms with Gasteiger partial charge in [-0.05, 0) is 63.1 Å². The van der Waals surface area contributed by atoms with Crippen molar-refractivity contribution in [1.29, 1.82) is 0 Å². The van der Waals surface area contributed by atoms with Gasteiger partial charge in [0.2, 0.25) is 0 Å². The average molecular weight is 429 g/mol. The zero-order valence-electron chi connectivity index (χ0n) is 18.1. The van der Waals surface area contributed by atoms with Crippen LogP contribution in [0.15, 0.2) is 48.5 Å². The second-order valence-electron chi connectivity index (χ2n) is 8.41. The minimum Gasteiger partial charge on any atom is -0.342 e. The van der Waals surface area contributed by atoms with E-state index in [1.54, 1.807) is 6.07 Å². The predicted molar refractivity (Wildman–Crippen MR) is 121 cm³/mol. The highest BCUT2D eigenvalue weighted by molar-refractivity contribution is 5.97. The third-order valence-corrected chi connectivity index (χ3v) is 5.91. The molecule has 1 amide bonds. The Kier molecular flexibility index (Phi) is 5.17. The zero-order chi connectivity index (χ0) is 22.2. The van der Waals surface area contributed by atoms with Crippen molar-refractivity contribution in [1.82, 2.24) is 24.8 Å². The van der Waals surface area contributed by atoms with Crippen LogP contribution in [0.2, 0.25) is 0 Å². The Morgan fingerprint density at radius 2 is 1.97 bits per heavy atom. The molecular formula is C25H24FN5O. The summed E-state index contributed by atoms with van der Waals surface area (Å²) in [7, 11) is 0. The van der Waals surface area contributed by atoms with Crippen LogP contribution in [-0.2, 0) is 0 Å². The Bertz CT molecular complexity index is 1310. The summed E-state index contributed by atoms with van der Waals surface area (Å²) in [4.78, 5) is 32.1. The molecule has 0 bridgehead atoms. The number of imidazole rings is 1. The summed E-state index contributed by atoms with van der Waals surface area (Å²) in [6, 6.07) is 13.9. The lowest BCUT2D eigenvalue weighted by molar-refractivity contribution is 0.0704. The van der Waals surface area contributed by atoms with Crippen LogP contribution in [0.4, 0.5) is 4.39 Å². The van der Waals surface area contributed by atoms with Crippen molar-refractivity contribution in [2.24, 2.45) is 0 Å². The topological polar surface area (TPSA) is 74.8 Å². The third-order valence-electron chi connectivity index (χ3n) is 5.91. The number of nitrogens with zero attached hydrogens (tertiary/aromatic N) is 4. The number of fused-ring (bicyclic) bond motifs is 1. The number of piperidine rings is 1. The number of carbonyl (C=O) groups is 1. The first-order valence-corrected chi connectivity index (χ1v) is 10.8. The maximum atomic E-state index is 13.7. The van der Waals surface area contributed by atoms with Gasteiger partial charge >= 0.3 is 0 Å². The molecule has 4 aromatic rings. The van der Waals surface area contributed by atoms with E-state index in [1.807, 2.05) is 49.1 Å². The Labute approximate surface area is 185 Å². The number of H-pyrrole nitrogens is 1. The fourth-order valence-electron chi connectivity index (χ4n) is 4.39. The van der Waals surface area contributed by atoms with E-state index in [1.165, 1.54) is 12.1 Å². The number of hydrogen-bond donors (Lipinski definition) is 1. The molecule has 3 heterocycles. The molecule has 1 aliphatic rings. The molecule has 1 N–H and O–H groups in total. The van der Waals surface area contributed by atoms with Crippen molar-refractivity contribution in [3.05, 3.63) is 77.3 Å². The van der Waals surface area contributed by atoms with Crippen molar-refractivity contribution in [2.45, 2.75) is 32.6 Å². The van der Waals surface area contributed by atoms with Crippen LogP contribution in [0.25, 0.3) is 22.3 Å². The van der Waals surface area contributed by atoms with Crippen LogP contribution in [0.5, 0.6) is 0 Å². The summed E-state index contributed by atoms with van der Waals surface area (Å²) in [6.45, 7) is 5.08. The van der Waals surface area contributed by atoms with Gasteiger partial charge in [0, 0.05) is 35.8 Å². The molecule has 162 valence electrons. The van der Waals surface area contributed by atoms with Crippen molar-refractivity contribution in [3.8, 4) is 11.3 Å². The first-order chi connectivity index (χ1) is 15.5. The highest BCUT2D eigenvalue weighted by atomic mass is 19.1. The van der Waals surface area contributed by atoms with E-state index in [2.05, 4.69) is 15.0 Å². The normalized spacial score (nSPS) is 16.5. The molecule has 0 saturated carbocycles. The monoisotopic (exact) mass is 429 g/mol. The average Bonchev–Trinajstić information content (AvgIpc) is 3.17. The summed E-state index contributed by atoms with van der Waals surface area (Å²) in [6.07, 6.45) is 1.79. The van der Waals surface area contributed by atoms with Gasteiger partial charge in [-0.15, -0.1) is 0 Å². The summed E-state index contributed by atoms with van der Waals surface area (Å²) < 4.78 is 13.7. The van der Waals surface area contributed by atoms with E-state index in [-0.39, 0.29) is 17.6 Å². The van der Waals surface area contributed by atoms with Crippen LogP contribution < -0.4 is 0 Å². The smallest absolute Gasteiger partial charge is 0.253 e. The van der Waals surface area contributed by atoms with E-state index >= 15 is 0 Å². The molecule has 1 fully saturated rings. The highest BCUT2D eigenvalue weighted by Crippen LogP contribution is 2.28. The number of aromatic nitrogens is 4. The summed E-state index contributed by atoms with van der Waals surface area (Å²) >= 11 is 0. The second-order valence-corrected chi connectivity index (χ2v) is 8.41. The molecule has 32 heavy (non-hydrogen) atoms. The standard InChI is InChI=1S/C25H24FN5O/c1-15-11-22(17-5-3-7-20(26)12-17)30-24(27-15)19-6-4-10-31(14-19)25(32)18-8-9-21-23(13-18)29-16(2)28-21/h3,5,7-9,11-13,19H,4,6,10,14H2,1-2H3,(H,28,29)/t19-/m0/s1. The number of carbonyl (C=O) groups excluding carboxylic acids is 1. The third kappa shape index (κ3) is 3.98. The molecule has 7 heteroatoms. The molecule has 2 aromatic carbocycles. The molecule has 1 aliphatic heterocycles. The number of amides is 1. The lowest BCUT2D eigenvalue weighted by Crippen LogP contribution is -2.39. The van der Waals surface area contributed by atoms with Gasteiger partial charge in [0.1, 0.15) is 17.5 Å². The lowest BCUT2D eigenvalue weighted by Gasteiger charge is -2.32. The van der Waals surface area contributed by atoms with Crippen LogP contribution in [-0.4, -0.2) is 43.8 Å². The van der Waals surface area contributed by atoms with Crippen LogP contribution >= 0.6 is 0 Å². The maximum Gasteiger partial charge on any atom is 0.253 e. The fraction of sp³-hybridized carbons (Fsp3) is 0.280. The number of nitrogens with one attached hydrogen (secondary N) is 1. The highest BCUT2D eigenvalue weighted by Gasteiger charge is 2.28. The van der Waals surface area contributed by atoms with Gasteiger partial charge in [-0.3, -0.25) is 4.79 Å². The van der Waals surface area contributed by atoms with E-state index in [0.29, 0.717) is 30.2 Å². The van der Waals surface area contributed by atoms with Crippen molar-refractivity contribution in [3.63, 3.8) is 0 Å². The van der Waals surface area contributed by atoms with E-state index < -0.39 is 0 Å². The molecule has 2 aromatic heterocycles. The van der Waals surface area contributed by atoms with Crippen LogP contribution in [0, 0.1) is 19.7 Å². The molecule has 0 aliphatic carbocycles. The van der Waals surface area contributed by atoms with Crippen molar-refractivity contribution >= 4 is 16.9 Å². The van der Waals surface area contributed by atoms with Crippen molar-refractivity contribution in [2.75, 3.05) is 13.1 Å². The molecule has 0 spiro atoms. The number of benzene rings is 2. The van der Waals surface area contributed by atoms with Crippen LogP contribution in [0.1, 0.15) is 46.5 Å². The van der Waals surface area contributed by atoms with E-state index in [0.717, 1.165) is 41.0 Å². The first kappa shape index (κ1) is 20.3. The Morgan fingerprint density at radius 3 is 2.81 bits per heavy atom. The Morgan fingerprint density at radius 1 is 1.09 bits per heavy atom. The molecule has 1 saturated heterocycles. The number of likely N-dealkylation sites (tertiary alicyclic amines) is 1. The molecule has 1 atom stereocenters. The summed E-state index contributed by atoms with van der Waals surface area (Å²) in [5, 5.41) is 0. The Balaban J connectivity index is 1.40. The number of rotatable bonds is 3. The van der Waals surface area contributed by atoms with Gasteiger partial charge in [0.05, 0.1) is 16.7 Å². The fourth-order valence-corrected chi connectivity index (χ4v) is 4.39. The molecule has 0 radical (unpaired) electrons. The quantitative estimate of drug-likeness (QED) is 0.508. The molecule has 0 unspecified atom stereocenters. The van der Waals surface area contributed by atoms with Gasteiger partial charge < -0.3 is 9.88 Å². The number of halogens is 1. The van der Waals surface area contributed by atoms with Gasteiger partial charge in [-0.1, -0.05) is 12.1 Å². The van der Waals surface area contributed by atoms with E-state index in [9.17, 15) is 9.18 Å². The predicted octanol–water partition coefficient (Wildman–Crippen LogP) is 4.80.